The van der Waals surface area contributed by atoms with Crippen molar-refractivity contribution in [3.8, 4) is 0 Å². The zero-order chi connectivity index (χ0) is 15.8. The van der Waals surface area contributed by atoms with E-state index in [-0.39, 0.29) is 12.5 Å². The van der Waals surface area contributed by atoms with Gasteiger partial charge < -0.3 is 14.7 Å². The Kier molecular flexibility index (Phi) is 6.88. The van der Waals surface area contributed by atoms with Gasteiger partial charge in [0.25, 0.3) is 5.91 Å². The Labute approximate surface area is 125 Å². The number of carboxylic acid groups (broad SMARTS) is 1. The summed E-state index contributed by atoms with van der Waals surface area (Å²) < 4.78 is 5.00. The summed E-state index contributed by atoms with van der Waals surface area (Å²) in [5.74, 6) is -1.62. The lowest BCUT2D eigenvalue weighted by atomic mass is 10.1. The van der Waals surface area contributed by atoms with Crippen LogP contribution in [0.2, 0.25) is 0 Å². The lowest BCUT2D eigenvalue weighted by molar-refractivity contribution is -0.141. The molecule has 1 unspecified atom stereocenters. The lowest BCUT2D eigenvalue weighted by Gasteiger charge is -2.25. The summed E-state index contributed by atoms with van der Waals surface area (Å²) in [6.45, 7) is 4.71. The van der Waals surface area contributed by atoms with Gasteiger partial charge in [0.05, 0.1) is 5.92 Å². The second-order valence-corrected chi connectivity index (χ2v) is 5.15. The average molecular weight is 293 g/mol. The number of carbonyl (C=O) groups is 2. The number of hydrogen-bond donors (Lipinski definition) is 1. The van der Waals surface area contributed by atoms with Gasteiger partial charge >= 0.3 is 5.97 Å². The number of aryl methyl sites for hydroxylation is 1. The Morgan fingerprint density at radius 1 is 1.33 bits per heavy atom. The van der Waals surface area contributed by atoms with Gasteiger partial charge in [-0.25, -0.2) is 0 Å². The number of carboxylic acids is 1. The Balaban J connectivity index is 2.86. The molecule has 0 aliphatic carbocycles. The predicted octanol–water partition coefficient (Wildman–Crippen LogP) is 2.19. The largest absolute Gasteiger partial charge is 0.481 e. The van der Waals surface area contributed by atoms with Crippen molar-refractivity contribution in [3.05, 3.63) is 35.4 Å². The van der Waals surface area contributed by atoms with Gasteiger partial charge in [0.2, 0.25) is 0 Å². The van der Waals surface area contributed by atoms with Crippen LogP contribution in [0.1, 0.15) is 29.3 Å². The molecule has 0 spiro atoms. The SMILES string of the molecule is COCCCN(CC(C)C(=O)O)C(=O)c1ccccc1C. The molecule has 1 amide bonds. The number of nitrogens with zero attached hydrogens (tertiary/aromatic N) is 1. The van der Waals surface area contributed by atoms with Crippen LogP contribution in [0.3, 0.4) is 0 Å². The minimum Gasteiger partial charge on any atom is -0.481 e. The summed E-state index contributed by atoms with van der Waals surface area (Å²) in [4.78, 5) is 25.2. The highest BCUT2D eigenvalue weighted by Gasteiger charge is 2.22. The second kappa shape index (κ2) is 8.42. The molecule has 1 atom stereocenters. The third-order valence-corrected chi connectivity index (χ3v) is 3.36. The van der Waals surface area contributed by atoms with Crippen LogP contribution < -0.4 is 0 Å². The summed E-state index contributed by atoms with van der Waals surface area (Å²) in [6.07, 6.45) is 0.681. The number of carbonyl (C=O) groups excluding carboxylic acids is 1. The minimum absolute atomic E-state index is 0.127. The summed E-state index contributed by atoms with van der Waals surface area (Å²) in [5, 5.41) is 9.05. The molecule has 0 saturated carbocycles. The van der Waals surface area contributed by atoms with Crippen molar-refractivity contribution in [1.82, 2.24) is 4.90 Å². The molecule has 1 aromatic rings. The molecule has 5 nitrogen and oxygen atoms in total. The van der Waals surface area contributed by atoms with E-state index in [1.165, 1.54) is 0 Å². The fraction of sp³-hybridized carbons (Fsp3) is 0.500. The van der Waals surface area contributed by atoms with Crippen molar-refractivity contribution in [2.24, 2.45) is 5.92 Å². The Morgan fingerprint density at radius 3 is 2.57 bits per heavy atom. The van der Waals surface area contributed by atoms with Crippen molar-refractivity contribution < 1.29 is 19.4 Å². The van der Waals surface area contributed by atoms with Crippen LogP contribution >= 0.6 is 0 Å². The van der Waals surface area contributed by atoms with Gasteiger partial charge in [-0.1, -0.05) is 25.1 Å². The summed E-state index contributed by atoms with van der Waals surface area (Å²) in [7, 11) is 1.60. The first-order valence-electron chi connectivity index (χ1n) is 7.04. The number of methoxy groups -OCH3 is 1. The monoisotopic (exact) mass is 293 g/mol. The van der Waals surface area contributed by atoms with Crippen molar-refractivity contribution >= 4 is 11.9 Å². The molecular weight excluding hydrogens is 270 g/mol. The van der Waals surface area contributed by atoms with Crippen LogP contribution in [0.15, 0.2) is 24.3 Å². The highest BCUT2D eigenvalue weighted by atomic mass is 16.5. The molecule has 1 rings (SSSR count). The van der Waals surface area contributed by atoms with Crippen LogP contribution in [-0.2, 0) is 9.53 Å². The van der Waals surface area contributed by atoms with Crippen LogP contribution in [0.4, 0.5) is 0 Å². The minimum atomic E-state index is -0.899. The van der Waals surface area contributed by atoms with Gasteiger partial charge in [-0.3, -0.25) is 9.59 Å². The fourth-order valence-electron chi connectivity index (χ4n) is 2.07. The maximum Gasteiger partial charge on any atom is 0.308 e. The first kappa shape index (κ1) is 17.2. The van der Waals surface area contributed by atoms with E-state index in [0.717, 1.165) is 5.56 Å². The van der Waals surface area contributed by atoms with Gasteiger partial charge in [0.1, 0.15) is 0 Å². The van der Waals surface area contributed by atoms with E-state index < -0.39 is 11.9 Å². The molecule has 0 aliphatic rings. The standard InChI is InChI=1S/C16H23NO4/c1-12-7-4-5-8-14(12)15(18)17(9-6-10-21-3)11-13(2)16(19)20/h4-5,7-8,13H,6,9-11H2,1-3H3,(H,19,20). The van der Waals surface area contributed by atoms with Crippen molar-refractivity contribution in [1.29, 1.82) is 0 Å². The average Bonchev–Trinajstić information content (AvgIpc) is 2.46. The Hall–Kier alpha value is -1.88. The Bertz CT molecular complexity index is 487. The zero-order valence-corrected chi connectivity index (χ0v) is 12.8. The number of aliphatic carboxylic acids is 1. The van der Waals surface area contributed by atoms with Crippen LogP contribution in [-0.4, -0.2) is 48.7 Å². The third-order valence-electron chi connectivity index (χ3n) is 3.36. The number of ether oxygens (including phenoxy) is 1. The highest BCUT2D eigenvalue weighted by molar-refractivity contribution is 5.95. The van der Waals surface area contributed by atoms with Crippen molar-refractivity contribution in [2.45, 2.75) is 20.3 Å². The van der Waals surface area contributed by atoms with Crippen molar-refractivity contribution in [2.75, 3.05) is 26.8 Å². The van der Waals surface area contributed by atoms with E-state index in [9.17, 15) is 9.59 Å². The third kappa shape index (κ3) is 5.19. The summed E-state index contributed by atoms with van der Waals surface area (Å²) >= 11 is 0. The fourth-order valence-corrected chi connectivity index (χ4v) is 2.07. The van der Waals surface area contributed by atoms with Gasteiger partial charge in [-0.15, -0.1) is 0 Å². The highest BCUT2D eigenvalue weighted by Crippen LogP contribution is 2.13. The Morgan fingerprint density at radius 2 is 2.00 bits per heavy atom. The second-order valence-electron chi connectivity index (χ2n) is 5.15. The quantitative estimate of drug-likeness (QED) is 0.746. The molecule has 1 N–H and O–H groups in total. The summed E-state index contributed by atoms with van der Waals surface area (Å²) in [6, 6.07) is 7.34. The van der Waals surface area contributed by atoms with Gasteiger partial charge in [-0.05, 0) is 25.0 Å². The normalized spacial score (nSPS) is 12.0. The van der Waals surface area contributed by atoms with E-state index in [4.69, 9.17) is 9.84 Å². The number of rotatable bonds is 8. The van der Waals surface area contributed by atoms with E-state index in [1.54, 1.807) is 25.0 Å². The van der Waals surface area contributed by atoms with Gasteiger partial charge in [0, 0.05) is 32.4 Å². The van der Waals surface area contributed by atoms with E-state index >= 15 is 0 Å². The maximum absolute atomic E-state index is 12.6. The van der Waals surface area contributed by atoms with E-state index in [2.05, 4.69) is 0 Å². The molecule has 116 valence electrons. The first-order valence-corrected chi connectivity index (χ1v) is 7.04. The summed E-state index contributed by atoms with van der Waals surface area (Å²) in [5.41, 5.74) is 1.51. The molecule has 0 aliphatic heterocycles. The molecule has 0 heterocycles. The number of amides is 1. The smallest absolute Gasteiger partial charge is 0.308 e. The van der Waals surface area contributed by atoms with Crippen LogP contribution in [0, 0.1) is 12.8 Å². The molecule has 0 fully saturated rings. The maximum atomic E-state index is 12.6. The van der Waals surface area contributed by atoms with Gasteiger partial charge in [0.15, 0.2) is 0 Å². The molecule has 1 aromatic carbocycles. The van der Waals surface area contributed by atoms with E-state index in [0.29, 0.717) is 25.1 Å². The van der Waals surface area contributed by atoms with Crippen LogP contribution in [0.25, 0.3) is 0 Å². The van der Waals surface area contributed by atoms with E-state index in [1.807, 2.05) is 25.1 Å². The number of hydrogen-bond acceptors (Lipinski definition) is 3. The molecule has 0 bridgehead atoms. The zero-order valence-electron chi connectivity index (χ0n) is 12.8. The molecular formula is C16H23NO4. The molecule has 5 heteroatoms. The molecule has 21 heavy (non-hydrogen) atoms. The van der Waals surface area contributed by atoms with Crippen molar-refractivity contribution in [3.63, 3.8) is 0 Å². The number of benzene rings is 1. The first-order chi connectivity index (χ1) is 9.97. The lowest BCUT2D eigenvalue weighted by Crippen LogP contribution is -2.38. The predicted molar refractivity (Wildman–Crippen MR) is 80.4 cm³/mol. The topological polar surface area (TPSA) is 66.8 Å². The molecule has 0 radical (unpaired) electrons. The molecule has 0 saturated heterocycles. The molecule has 0 aromatic heterocycles. The van der Waals surface area contributed by atoms with Crippen LogP contribution in [0.5, 0.6) is 0 Å². The van der Waals surface area contributed by atoms with Gasteiger partial charge in [-0.2, -0.15) is 0 Å².